The number of nitrogens with zero attached hydrogens (tertiary/aromatic N) is 1. The number of nitrogens with one attached hydrogen (secondary N) is 2. The molecule has 0 unspecified atom stereocenters. The molecular weight excluding hydrogens is 290 g/mol. The van der Waals surface area contributed by atoms with Crippen LogP contribution in [0.1, 0.15) is 45.1 Å². The molecule has 1 saturated carbocycles. The van der Waals surface area contributed by atoms with Crippen molar-refractivity contribution < 1.29 is 9.90 Å². The minimum Gasteiger partial charge on any atom is -0.396 e. The standard InChI is InChI=1S/C18H25N3O2/c1-18(2,12-19)14-7-9-15(10-8-14)20-17(23)21-16-6-4-3-5-13(16)11-22/h7-10,13,16,22H,3-6,11H2,1-2H3,(H2,20,21,23)/t13-,16+/m1/s1. The second-order valence-corrected chi connectivity index (χ2v) is 6.75. The molecule has 3 N–H and O–H groups in total. The van der Waals surface area contributed by atoms with Crippen LogP contribution in [-0.4, -0.2) is 23.8 Å². The van der Waals surface area contributed by atoms with E-state index >= 15 is 0 Å². The first kappa shape index (κ1) is 17.3. The van der Waals surface area contributed by atoms with Gasteiger partial charge in [0, 0.05) is 24.3 Å². The highest BCUT2D eigenvalue weighted by molar-refractivity contribution is 5.89. The van der Waals surface area contributed by atoms with Crippen LogP contribution in [0.5, 0.6) is 0 Å². The SMILES string of the molecule is CC(C)(C#N)c1ccc(NC(=O)N[C@H]2CCCC[C@@H]2CO)cc1. The van der Waals surface area contributed by atoms with Crippen molar-refractivity contribution in [1.82, 2.24) is 5.32 Å². The van der Waals surface area contributed by atoms with Gasteiger partial charge in [-0.3, -0.25) is 0 Å². The summed E-state index contributed by atoms with van der Waals surface area (Å²) in [5.74, 6) is 0.147. The maximum Gasteiger partial charge on any atom is 0.319 e. The maximum atomic E-state index is 12.1. The summed E-state index contributed by atoms with van der Waals surface area (Å²) >= 11 is 0. The van der Waals surface area contributed by atoms with Crippen LogP contribution >= 0.6 is 0 Å². The largest absolute Gasteiger partial charge is 0.396 e. The van der Waals surface area contributed by atoms with E-state index in [1.165, 1.54) is 0 Å². The number of hydrogen-bond donors (Lipinski definition) is 3. The van der Waals surface area contributed by atoms with Crippen LogP contribution < -0.4 is 10.6 Å². The number of carbonyl (C=O) groups excluding carboxylic acids is 1. The van der Waals surface area contributed by atoms with E-state index < -0.39 is 5.41 Å². The van der Waals surface area contributed by atoms with Crippen molar-refractivity contribution >= 4 is 11.7 Å². The number of amides is 2. The molecule has 0 heterocycles. The lowest BCUT2D eigenvalue weighted by molar-refractivity contribution is 0.156. The molecule has 0 spiro atoms. The smallest absolute Gasteiger partial charge is 0.319 e. The molecule has 0 bridgehead atoms. The summed E-state index contributed by atoms with van der Waals surface area (Å²) in [4.78, 5) is 12.1. The molecule has 0 aromatic heterocycles. The van der Waals surface area contributed by atoms with Crippen LogP contribution in [0.3, 0.4) is 0 Å². The van der Waals surface area contributed by atoms with E-state index in [0.29, 0.717) is 5.69 Å². The van der Waals surface area contributed by atoms with E-state index in [9.17, 15) is 9.90 Å². The van der Waals surface area contributed by atoms with E-state index in [2.05, 4.69) is 16.7 Å². The van der Waals surface area contributed by atoms with Crippen molar-refractivity contribution in [2.24, 2.45) is 5.92 Å². The normalized spacial score (nSPS) is 21.3. The number of rotatable bonds is 4. The van der Waals surface area contributed by atoms with Gasteiger partial charge in [-0.05, 0) is 44.4 Å². The van der Waals surface area contributed by atoms with Crippen LogP contribution in [0.4, 0.5) is 10.5 Å². The minimum absolute atomic E-state index is 0.0329. The van der Waals surface area contributed by atoms with E-state index in [1.807, 2.05) is 26.0 Å². The Hall–Kier alpha value is -2.06. The summed E-state index contributed by atoms with van der Waals surface area (Å²) in [5, 5.41) is 24.3. The van der Waals surface area contributed by atoms with Gasteiger partial charge < -0.3 is 15.7 Å². The van der Waals surface area contributed by atoms with Crippen molar-refractivity contribution in [3.05, 3.63) is 29.8 Å². The van der Waals surface area contributed by atoms with Crippen molar-refractivity contribution in [1.29, 1.82) is 5.26 Å². The van der Waals surface area contributed by atoms with E-state index in [4.69, 9.17) is 5.26 Å². The number of carbonyl (C=O) groups is 1. The average Bonchev–Trinajstić information content (AvgIpc) is 2.55. The van der Waals surface area contributed by atoms with Gasteiger partial charge >= 0.3 is 6.03 Å². The van der Waals surface area contributed by atoms with Crippen molar-refractivity contribution in [2.45, 2.75) is 51.0 Å². The van der Waals surface area contributed by atoms with E-state index in [1.54, 1.807) is 12.1 Å². The highest BCUT2D eigenvalue weighted by Crippen LogP contribution is 2.25. The summed E-state index contributed by atoms with van der Waals surface area (Å²) in [6, 6.07) is 9.37. The molecule has 1 fully saturated rings. The van der Waals surface area contributed by atoms with Crippen molar-refractivity contribution in [3.8, 4) is 6.07 Å². The molecule has 1 aliphatic carbocycles. The van der Waals surface area contributed by atoms with Crippen molar-refractivity contribution in [3.63, 3.8) is 0 Å². The fraction of sp³-hybridized carbons (Fsp3) is 0.556. The van der Waals surface area contributed by atoms with Crippen LogP contribution in [0, 0.1) is 17.2 Å². The second-order valence-electron chi connectivity index (χ2n) is 6.75. The predicted molar refractivity (Wildman–Crippen MR) is 90.1 cm³/mol. The molecule has 2 atom stereocenters. The molecule has 23 heavy (non-hydrogen) atoms. The zero-order valence-electron chi connectivity index (χ0n) is 13.8. The van der Waals surface area contributed by atoms with Gasteiger partial charge in [0.25, 0.3) is 0 Å². The Bertz CT molecular complexity index is 575. The molecule has 2 rings (SSSR count). The lowest BCUT2D eigenvalue weighted by atomic mass is 9.85. The van der Waals surface area contributed by atoms with Gasteiger partial charge in [-0.15, -0.1) is 0 Å². The highest BCUT2D eigenvalue weighted by Gasteiger charge is 2.26. The molecule has 1 aromatic rings. The number of hydrogen-bond acceptors (Lipinski definition) is 3. The highest BCUT2D eigenvalue weighted by atomic mass is 16.3. The first-order valence-electron chi connectivity index (χ1n) is 8.16. The number of benzene rings is 1. The molecular formula is C18H25N3O2. The van der Waals surface area contributed by atoms with Gasteiger partial charge in [-0.1, -0.05) is 25.0 Å². The summed E-state index contributed by atoms with van der Waals surface area (Å²) in [5.41, 5.74) is 1.06. The summed E-state index contributed by atoms with van der Waals surface area (Å²) in [6.07, 6.45) is 4.06. The number of urea groups is 1. The van der Waals surface area contributed by atoms with Gasteiger partial charge in [0.05, 0.1) is 11.5 Å². The Labute approximate surface area is 137 Å². The Balaban J connectivity index is 1.94. The quantitative estimate of drug-likeness (QED) is 0.798. The second kappa shape index (κ2) is 7.47. The van der Waals surface area contributed by atoms with Gasteiger partial charge in [0.1, 0.15) is 0 Å². The molecule has 0 radical (unpaired) electrons. The number of aliphatic hydroxyl groups excluding tert-OH is 1. The zero-order valence-corrected chi connectivity index (χ0v) is 13.8. The summed E-state index contributed by atoms with van der Waals surface area (Å²) in [6.45, 7) is 3.84. The Morgan fingerprint density at radius 3 is 2.57 bits per heavy atom. The van der Waals surface area contributed by atoms with Gasteiger partial charge in [0.15, 0.2) is 0 Å². The third-order valence-electron chi connectivity index (χ3n) is 4.60. The van der Waals surface area contributed by atoms with Crippen molar-refractivity contribution in [2.75, 3.05) is 11.9 Å². The molecule has 2 amide bonds. The number of anilines is 1. The topological polar surface area (TPSA) is 85.2 Å². The van der Waals surface area contributed by atoms with Gasteiger partial charge in [0.2, 0.25) is 0 Å². The van der Waals surface area contributed by atoms with Crippen LogP contribution in [0.15, 0.2) is 24.3 Å². The van der Waals surface area contributed by atoms with Crippen LogP contribution in [0.25, 0.3) is 0 Å². The monoisotopic (exact) mass is 315 g/mol. The van der Waals surface area contributed by atoms with Crippen LogP contribution in [-0.2, 0) is 5.41 Å². The first-order valence-corrected chi connectivity index (χ1v) is 8.16. The molecule has 1 aromatic carbocycles. The fourth-order valence-electron chi connectivity index (χ4n) is 2.99. The van der Waals surface area contributed by atoms with E-state index in [-0.39, 0.29) is 24.6 Å². The Morgan fingerprint density at radius 2 is 1.96 bits per heavy atom. The predicted octanol–water partition coefficient (Wildman–Crippen LogP) is 3.16. The maximum absolute atomic E-state index is 12.1. The minimum atomic E-state index is -0.544. The molecule has 0 saturated heterocycles. The molecule has 0 aliphatic heterocycles. The Kier molecular flexibility index (Phi) is 5.62. The van der Waals surface area contributed by atoms with E-state index in [0.717, 1.165) is 31.2 Å². The lowest BCUT2D eigenvalue weighted by Gasteiger charge is -2.30. The lowest BCUT2D eigenvalue weighted by Crippen LogP contribution is -2.45. The molecule has 1 aliphatic rings. The third kappa shape index (κ3) is 4.46. The molecule has 124 valence electrons. The summed E-state index contributed by atoms with van der Waals surface area (Å²) in [7, 11) is 0. The Morgan fingerprint density at radius 1 is 1.30 bits per heavy atom. The fourth-order valence-corrected chi connectivity index (χ4v) is 2.99. The van der Waals surface area contributed by atoms with Gasteiger partial charge in [-0.2, -0.15) is 5.26 Å². The number of aliphatic hydroxyl groups is 1. The molecule has 5 nitrogen and oxygen atoms in total. The first-order chi connectivity index (χ1) is 11.0. The van der Waals surface area contributed by atoms with Gasteiger partial charge in [-0.25, -0.2) is 4.79 Å². The molecule has 5 heteroatoms. The third-order valence-corrected chi connectivity index (χ3v) is 4.60. The summed E-state index contributed by atoms with van der Waals surface area (Å²) < 4.78 is 0. The van der Waals surface area contributed by atoms with Crippen LogP contribution in [0.2, 0.25) is 0 Å². The number of nitriles is 1. The zero-order chi connectivity index (χ0) is 16.9. The average molecular weight is 315 g/mol.